The van der Waals surface area contributed by atoms with E-state index in [1.165, 1.54) is 11.6 Å². The molecule has 0 saturated heterocycles. The summed E-state index contributed by atoms with van der Waals surface area (Å²) in [4.78, 5) is 2.15. The first-order chi connectivity index (χ1) is 9.63. The highest BCUT2D eigenvalue weighted by molar-refractivity contribution is 5.48. The normalized spacial score (nSPS) is 10.6. The second-order valence-corrected chi connectivity index (χ2v) is 4.98. The van der Waals surface area contributed by atoms with Crippen molar-refractivity contribution < 1.29 is 4.39 Å². The predicted molar refractivity (Wildman–Crippen MR) is 82.2 cm³/mol. The van der Waals surface area contributed by atoms with Crippen molar-refractivity contribution in [2.45, 2.75) is 26.9 Å². The third kappa shape index (κ3) is 3.36. The summed E-state index contributed by atoms with van der Waals surface area (Å²) >= 11 is 0. The maximum Gasteiger partial charge on any atom is 0.128 e. The molecule has 0 aromatic heterocycles. The van der Waals surface area contributed by atoms with Gasteiger partial charge in [-0.15, -0.1) is 0 Å². The Balaban J connectivity index is 2.20. The SMILES string of the molecule is CCN(Cc1ccc(CN)cc1F)c1ccc(C)cc1. The molecule has 2 nitrogen and oxygen atoms in total. The molecule has 0 bridgehead atoms. The van der Waals surface area contributed by atoms with Crippen LogP contribution in [-0.2, 0) is 13.1 Å². The molecular formula is C17H21FN2. The van der Waals surface area contributed by atoms with Gasteiger partial charge in [0.25, 0.3) is 0 Å². The number of benzene rings is 2. The van der Waals surface area contributed by atoms with Gasteiger partial charge in [-0.2, -0.15) is 0 Å². The lowest BCUT2D eigenvalue weighted by Gasteiger charge is -2.23. The molecule has 2 rings (SSSR count). The average Bonchev–Trinajstić information content (AvgIpc) is 2.47. The molecule has 20 heavy (non-hydrogen) atoms. The van der Waals surface area contributed by atoms with Crippen molar-refractivity contribution >= 4 is 5.69 Å². The molecule has 0 spiro atoms. The van der Waals surface area contributed by atoms with E-state index in [0.29, 0.717) is 18.7 Å². The summed E-state index contributed by atoms with van der Waals surface area (Å²) in [7, 11) is 0. The van der Waals surface area contributed by atoms with Crippen molar-refractivity contribution in [3.8, 4) is 0 Å². The molecule has 106 valence electrons. The zero-order valence-corrected chi connectivity index (χ0v) is 12.1. The van der Waals surface area contributed by atoms with Crippen LogP contribution in [-0.4, -0.2) is 6.54 Å². The molecule has 2 aromatic rings. The zero-order valence-electron chi connectivity index (χ0n) is 12.1. The molecule has 0 aliphatic heterocycles. The molecular weight excluding hydrogens is 251 g/mol. The third-order valence-electron chi connectivity index (χ3n) is 3.50. The molecule has 0 heterocycles. The van der Waals surface area contributed by atoms with E-state index in [1.807, 2.05) is 12.1 Å². The van der Waals surface area contributed by atoms with Crippen LogP contribution in [0.2, 0.25) is 0 Å². The Labute approximate surface area is 120 Å². The molecule has 0 aliphatic rings. The van der Waals surface area contributed by atoms with E-state index in [0.717, 1.165) is 17.8 Å². The fourth-order valence-corrected chi connectivity index (χ4v) is 2.19. The lowest BCUT2D eigenvalue weighted by atomic mass is 10.1. The Morgan fingerprint density at radius 2 is 1.80 bits per heavy atom. The maximum absolute atomic E-state index is 14.0. The Kier molecular flexibility index (Phi) is 4.74. The van der Waals surface area contributed by atoms with Crippen LogP contribution >= 0.6 is 0 Å². The van der Waals surface area contributed by atoms with E-state index in [1.54, 1.807) is 0 Å². The molecule has 0 atom stereocenters. The van der Waals surface area contributed by atoms with Gasteiger partial charge in [-0.25, -0.2) is 4.39 Å². The second kappa shape index (κ2) is 6.53. The number of hydrogen-bond donors (Lipinski definition) is 1. The van der Waals surface area contributed by atoms with Gasteiger partial charge >= 0.3 is 0 Å². The van der Waals surface area contributed by atoms with Crippen molar-refractivity contribution in [2.24, 2.45) is 5.73 Å². The summed E-state index contributed by atoms with van der Waals surface area (Å²) in [6.45, 7) is 5.90. The Hall–Kier alpha value is -1.87. The highest BCUT2D eigenvalue weighted by atomic mass is 19.1. The summed E-state index contributed by atoms with van der Waals surface area (Å²) in [5, 5.41) is 0. The highest BCUT2D eigenvalue weighted by Gasteiger charge is 2.09. The van der Waals surface area contributed by atoms with Gasteiger partial charge in [-0.1, -0.05) is 29.8 Å². The van der Waals surface area contributed by atoms with Gasteiger partial charge < -0.3 is 10.6 Å². The minimum Gasteiger partial charge on any atom is -0.367 e. The minimum atomic E-state index is -0.182. The largest absolute Gasteiger partial charge is 0.367 e. The van der Waals surface area contributed by atoms with Gasteiger partial charge in [0.2, 0.25) is 0 Å². The molecule has 0 amide bonds. The lowest BCUT2D eigenvalue weighted by Crippen LogP contribution is -2.22. The van der Waals surface area contributed by atoms with Gasteiger partial charge in [0, 0.05) is 30.9 Å². The number of hydrogen-bond acceptors (Lipinski definition) is 2. The van der Waals surface area contributed by atoms with Crippen molar-refractivity contribution in [3.63, 3.8) is 0 Å². The Morgan fingerprint density at radius 1 is 1.10 bits per heavy atom. The molecule has 2 N–H and O–H groups in total. The predicted octanol–water partition coefficient (Wildman–Crippen LogP) is 3.62. The number of anilines is 1. The van der Waals surface area contributed by atoms with Gasteiger partial charge in [-0.05, 0) is 37.6 Å². The van der Waals surface area contributed by atoms with Crippen LogP contribution in [0.4, 0.5) is 10.1 Å². The summed E-state index contributed by atoms with van der Waals surface area (Å²) < 4.78 is 14.0. The average molecular weight is 272 g/mol. The topological polar surface area (TPSA) is 29.3 Å². The van der Waals surface area contributed by atoms with Crippen molar-refractivity contribution in [3.05, 3.63) is 65.0 Å². The molecule has 0 unspecified atom stereocenters. The second-order valence-electron chi connectivity index (χ2n) is 4.98. The van der Waals surface area contributed by atoms with Gasteiger partial charge in [0.05, 0.1) is 0 Å². The van der Waals surface area contributed by atoms with Crippen molar-refractivity contribution in [1.29, 1.82) is 0 Å². The summed E-state index contributed by atoms with van der Waals surface area (Å²) in [5.74, 6) is -0.182. The first-order valence-electron chi connectivity index (χ1n) is 6.93. The zero-order chi connectivity index (χ0) is 14.5. The van der Waals surface area contributed by atoms with Crippen LogP contribution in [0.5, 0.6) is 0 Å². The number of nitrogens with two attached hydrogens (primary N) is 1. The molecule has 0 aliphatic carbocycles. The van der Waals surface area contributed by atoms with Crippen LogP contribution in [0.1, 0.15) is 23.6 Å². The first kappa shape index (κ1) is 14.5. The van der Waals surface area contributed by atoms with Crippen LogP contribution in [0.3, 0.4) is 0 Å². The molecule has 0 saturated carbocycles. The van der Waals surface area contributed by atoms with Crippen LogP contribution in [0.25, 0.3) is 0 Å². The Bertz CT molecular complexity index is 564. The monoisotopic (exact) mass is 272 g/mol. The first-order valence-corrected chi connectivity index (χ1v) is 6.93. The highest BCUT2D eigenvalue weighted by Crippen LogP contribution is 2.19. The van der Waals surface area contributed by atoms with E-state index in [-0.39, 0.29) is 5.82 Å². The molecule has 2 aromatic carbocycles. The standard InChI is InChI=1S/C17H21FN2/c1-3-20(16-8-4-13(2)5-9-16)12-15-7-6-14(11-19)10-17(15)18/h4-10H,3,11-12,19H2,1-2H3. The van der Waals surface area contributed by atoms with Gasteiger partial charge in [0.1, 0.15) is 5.82 Å². The number of nitrogens with zero attached hydrogens (tertiary/aromatic N) is 1. The number of aryl methyl sites for hydroxylation is 1. The fourth-order valence-electron chi connectivity index (χ4n) is 2.19. The summed E-state index contributed by atoms with van der Waals surface area (Å²) in [6.07, 6.45) is 0. The maximum atomic E-state index is 14.0. The van der Waals surface area contributed by atoms with E-state index >= 15 is 0 Å². The van der Waals surface area contributed by atoms with Gasteiger partial charge in [0.15, 0.2) is 0 Å². The van der Waals surface area contributed by atoms with E-state index in [9.17, 15) is 4.39 Å². The van der Waals surface area contributed by atoms with Gasteiger partial charge in [-0.3, -0.25) is 0 Å². The number of rotatable bonds is 5. The van der Waals surface area contributed by atoms with Crippen molar-refractivity contribution in [1.82, 2.24) is 0 Å². The van der Waals surface area contributed by atoms with E-state index in [2.05, 4.69) is 43.0 Å². The van der Waals surface area contributed by atoms with Crippen LogP contribution in [0, 0.1) is 12.7 Å². The third-order valence-corrected chi connectivity index (χ3v) is 3.50. The molecule has 3 heteroatoms. The Morgan fingerprint density at radius 3 is 2.35 bits per heavy atom. The minimum absolute atomic E-state index is 0.182. The summed E-state index contributed by atoms with van der Waals surface area (Å²) in [5.41, 5.74) is 9.38. The van der Waals surface area contributed by atoms with E-state index < -0.39 is 0 Å². The van der Waals surface area contributed by atoms with Crippen LogP contribution < -0.4 is 10.6 Å². The lowest BCUT2D eigenvalue weighted by molar-refractivity contribution is 0.603. The van der Waals surface area contributed by atoms with Crippen molar-refractivity contribution in [2.75, 3.05) is 11.4 Å². The number of halogens is 1. The molecule has 0 fully saturated rings. The quantitative estimate of drug-likeness (QED) is 0.900. The van der Waals surface area contributed by atoms with E-state index in [4.69, 9.17) is 5.73 Å². The molecule has 0 radical (unpaired) electrons. The summed E-state index contributed by atoms with van der Waals surface area (Å²) in [6, 6.07) is 13.5. The smallest absolute Gasteiger partial charge is 0.128 e. The van der Waals surface area contributed by atoms with Crippen LogP contribution in [0.15, 0.2) is 42.5 Å². The fraction of sp³-hybridized carbons (Fsp3) is 0.294.